The molecule has 5 nitrogen and oxygen atoms in total. The van der Waals surface area contributed by atoms with Gasteiger partial charge in [-0.15, -0.1) is 0 Å². The van der Waals surface area contributed by atoms with Crippen molar-refractivity contribution in [2.45, 2.75) is 33.1 Å². The Morgan fingerprint density at radius 3 is 3.05 bits per heavy atom. The minimum absolute atomic E-state index is 0.841. The molecule has 19 heavy (non-hydrogen) atoms. The summed E-state index contributed by atoms with van der Waals surface area (Å²) in [4.78, 5) is 11.4. The van der Waals surface area contributed by atoms with Crippen molar-refractivity contribution < 1.29 is 0 Å². The van der Waals surface area contributed by atoms with Crippen LogP contribution < -0.4 is 15.5 Å². The molecule has 0 bridgehead atoms. The summed E-state index contributed by atoms with van der Waals surface area (Å²) >= 11 is 0. The topological polar surface area (TPSA) is 53.1 Å². The Balaban J connectivity index is 2.06. The molecule has 106 valence electrons. The van der Waals surface area contributed by atoms with Gasteiger partial charge in [-0.05, 0) is 26.3 Å². The first-order valence-corrected chi connectivity index (χ1v) is 7.35. The first-order valence-electron chi connectivity index (χ1n) is 7.35. The van der Waals surface area contributed by atoms with E-state index in [4.69, 9.17) is 0 Å². The molecule has 1 aliphatic rings. The highest BCUT2D eigenvalue weighted by molar-refractivity contribution is 5.49. The van der Waals surface area contributed by atoms with Crippen LogP contribution in [0.15, 0.2) is 6.07 Å². The van der Waals surface area contributed by atoms with Crippen LogP contribution in [0.25, 0.3) is 0 Å². The summed E-state index contributed by atoms with van der Waals surface area (Å²) in [5.74, 6) is 2.84. The number of nitrogens with zero attached hydrogens (tertiary/aromatic N) is 3. The van der Waals surface area contributed by atoms with E-state index in [1.54, 1.807) is 0 Å². The first-order chi connectivity index (χ1) is 9.29. The van der Waals surface area contributed by atoms with E-state index in [1.807, 2.05) is 6.92 Å². The molecule has 0 aromatic carbocycles. The molecule has 2 rings (SSSR count). The lowest BCUT2D eigenvalue weighted by atomic mass is 10.3. The zero-order valence-corrected chi connectivity index (χ0v) is 12.1. The van der Waals surface area contributed by atoms with Gasteiger partial charge in [0.1, 0.15) is 17.5 Å². The molecule has 0 unspecified atom stereocenters. The van der Waals surface area contributed by atoms with Gasteiger partial charge in [-0.1, -0.05) is 13.3 Å². The SMILES string of the molecule is CCCCNc1cc(N2CCCNCC2)nc(C)n1. The van der Waals surface area contributed by atoms with Crippen LogP contribution in [0, 0.1) is 6.92 Å². The van der Waals surface area contributed by atoms with E-state index in [2.05, 4.69) is 38.5 Å². The van der Waals surface area contributed by atoms with Crippen LogP contribution in [0.4, 0.5) is 11.6 Å². The molecule has 5 heteroatoms. The van der Waals surface area contributed by atoms with Crippen LogP contribution in [-0.4, -0.2) is 42.7 Å². The van der Waals surface area contributed by atoms with Crippen molar-refractivity contribution in [2.24, 2.45) is 0 Å². The van der Waals surface area contributed by atoms with Crippen molar-refractivity contribution >= 4 is 11.6 Å². The molecule has 0 amide bonds. The van der Waals surface area contributed by atoms with Gasteiger partial charge >= 0.3 is 0 Å². The summed E-state index contributed by atoms with van der Waals surface area (Å²) < 4.78 is 0. The summed E-state index contributed by atoms with van der Waals surface area (Å²) in [6.07, 6.45) is 3.54. The zero-order valence-electron chi connectivity index (χ0n) is 12.1. The lowest BCUT2D eigenvalue weighted by Gasteiger charge is -2.22. The van der Waals surface area contributed by atoms with Crippen molar-refractivity contribution in [1.82, 2.24) is 15.3 Å². The van der Waals surface area contributed by atoms with Gasteiger partial charge in [-0.3, -0.25) is 0 Å². The van der Waals surface area contributed by atoms with Gasteiger partial charge in [0.2, 0.25) is 0 Å². The maximum atomic E-state index is 4.57. The van der Waals surface area contributed by atoms with Gasteiger partial charge < -0.3 is 15.5 Å². The second-order valence-corrected chi connectivity index (χ2v) is 5.03. The molecule has 1 aliphatic heterocycles. The number of hydrogen-bond donors (Lipinski definition) is 2. The lowest BCUT2D eigenvalue weighted by molar-refractivity contribution is 0.724. The average molecular weight is 263 g/mol. The van der Waals surface area contributed by atoms with Gasteiger partial charge in [0.25, 0.3) is 0 Å². The van der Waals surface area contributed by atoms with Crippen LogP contribution in [0.5, 0.6) is 0 Å². The second kappa shape index (κ2) is 7.28. The van der Waals surface area contributed by atoms with Gasteiger partial charge in [-0.2, -0.15) is 0 Å². The van der Waals surface area contributed by atoms with Crippen molar-refractivity contribution in [2.75, 3.05) is 42.9 Å². The van der Waals surface area contributed by atoms with Crippen LogP contribution in [-0.2, 0) is 0 Å². The lowest BCUT2D eigenvalue weighted by Crippen LogP contribution is -2.29. The fourth-order valence-corrected chi connectivity index (χ4v) is 2.27. The third kappa shape index (κ3) is 4.35. The monoisotopic (exact) mass is 263 g/mol. The molecular formula is C14H25N5. The largest absolute Gasteiger partial charge is 0.370 e. The first kappa shape index (κ1) is 14.1. The number of anilines is 2. The Morgan fingerprint density at radius 2 is 2.21 bits per heavy atom. The van der Waals surface area contributed by atoms with Crippen LogP contribution >= 0.6 is 0 Å². The third-order valence-electron chi connectivity index (χ3n) is 3.32. The van der Waals surface area contributed by atoms with E-state index in [9.17, 15) is 0 Å². The fraction of sp³-hybridized carbons (Fsp3) is 0.714. The maximum absolute atomic E-state index is 4.57. The highest BCUT2D eigenvalue weighted by Crippen LogP contribution is 2.16. The molecule has 2 heterocycles. The number of unbranched alkanes of at least 4 members (excludes halogenated alkanes) is 1. The molecular weight excluding hydrogens is 238 g/mol. The highest BCUT2D eigenvalue weighted by atomic mass is 15.2. The van der Waals surface area contributed by atoms with Crippen LogP contribution in [0.1, 0.15) is 32.0 Å². The number of hydrogen-bond acceptors (Lipinski definition) is 5. The van der Waals surface area contributed by atoms with Crippen molar-refractivity contribution in [1.29, 1.82) is 0 Å². The molecule has 0 atom stereocenters. The van der Waals surface area contributed by atoms with E-state index >= 15 is 0 Å². The van der Waals surface area contributed by atoms with Crippen molar-refractivity contribution in [3.63, 3.8) is 0 Å². The van der Waals surface area contributed by atoms with E-state index in [-0.39, 0.29) is 0 Å². The zero-order chi connectivity index (χ0) is 13.5. The molecule has 2 N–H and O–H groups in total. The van der Waals surface area contributed by atoms with E-state index in [1.165, 1.54) is 19.3 Å². The molecule has 0 saturated carbocycles. The van der Waals surface area contributed by atoms with Crippen LogP contribution in [0.3, 0.4) is 0 Å². The van der Waals surface area contributed by atoms with Crippen molar-refractivity contribution in [3.8, 4) is 0 Å². The summed E-state index contributed by atoms with van der Waals surface area (Å²) in [5.41, 5.74) is 0. The minimum Gasteiger partial charge on any atom is -0.370 e. The highest BCUT2D eigenvalue weighted by Gasteiger charge is 2.12. The number of aromatic nitrogens is 2. The Morgan fingerprint density at radius 1 is 1.32 bits per heavy atom. The van der Waals surface area contributed by atoms with Crippen molar-refractivity contribution in [3.05, 3.63) is 11.9 Å². The molecule has 1 fully saturated rings. The Labute approximate surface area is 115 Å². The van der Waals surface area contributed by atoms with E-state index in [0.29, 0.717) is 0 Å². The third-order valence-corrected chi connectivity index (χ3v) is 3.32. The Bertz CT molecular complexity index is 385. The summed E-state index contributed by atoms with van der Waals surface area (Å²) in [6, 6.07) is 2.08. The van der Waals surface area contributed by atoms with Gasteiger partial charge in [0.05, 0.1) is 0 Å². The second-order valence-electron chi connectivity index (χ2n) is 5.03. The maximum Gasteiger partial charge on any atom is 0.134 e. The van der Waals surface area contributed by atoms with Crippen LogP contribution in [0.2, 0.25) is 0 Å². The number of aryl methyl sites for hydroxylation is 1. The van der Waals surface area contributed by atoms with Gasteiger partial charge in [0.15, 0.2) is 0 Å². The predicted octanol–water partition coefficient (Wildman–Crippen LogP) is 1.80. The smallest absolute Gasteiger partial charge is 0.134 e. The normalized spacial score (nSPS) is 16.2. The molecule has 1 aromatic rings. The Hall–Kier alpha value is -1.36. The Kier molecular flexibility index (Phi) is 5.39. The fourth-order valence-electron chi connectivity index (χ4n) is 2.27. The summed E-state index contributed by atoms with van der Waals surface area (Å²) in [7, 11) is 0. The summed E-state index contributed by atoms with van der Waals surface area (Å²) in [5, 5.41) is 6.81. The molecule has 0 aliphatic carbocycles. The molecule has 0 radical (unpaired) electrons. The average Bonchev–Trinajstić information content (AvgIpc) is 2.67. The predicted molar refractivity (Wildman–Crippen MR) is 79.9 cm³/mol. The minimum atomic E-state index is 0.841. The molecule has 0 spiro atoms. The summed E-state index contributed by atoms with van der Waals surface area (Å²) in [6.45, 7) is 9.35. The van der Waals surface area contributed by atoms with E-state index in [0.717, 1.165) is 50.2 Å². The van der Waals surface area contributed by atoms with Gasteiger partial charge in [0, 0.05) is 32.2 Å². The van der Waals surface area contributed by atoms with E-state index < -0.39 is 0 Å². The quantitative estimate of drug-likeness (QED) is 0.793. The van der Waals surface area contributed by atoms with Gasteiger partial charge in [-0.25, -0.2) is 9.97 Å². The standard InChI is InChI=1S/C14H25N5/c1-3-4-7-16-13-11-14(18-12(2)17-13)19-9-5-6-15-8-10-19/h11,15H,3-10H2,1-2H3,(H,16,17,18). The molecule has 1 saturated heterocycles. The molecule has 1 aromatic heterocycles. The number of rotatable bonds is 5. The number of nitrogens with one attached hydrogen (secondary N) is 2.